The summed E-state index contributed by atoms with van der Waals surface area (Å²) in [5, 5.41) is 0. The molecule has 0 spiro atoms. The smallest absolute Gasteiger partial charge is 0.298 e. The van der Waals surface area contributed by atoms with Crippen molar-refractivity contribution in [2.75, 3.05) is 0 Å². The average molecular weight is 351 g/mol. The van der Waals surface area contributed by atoms with Gasteiger partial charge in [-0.15, -0.1) is 0 Å². The molecule has 8 heteroatoms. The van der Waals surface area contributed by atoms with Crippen LogP contribution in [0.5, 0.6) is 0 Å². The third-order valence-corrected chi connectivity index (χ3v) is 2.56. The molecule has 0 unspecified atom stereocenters. The Morgan fingerprint density at radius 3 is 2.31 bits per heavy atom. The van der Waals surface area contributed by atoms with Crippen molar-refractivity contribution in [3.63, 3.8) is 0 Å². The third kappa shape index (κ3) is 2.47. The summed E-state index contributed by atoms with van der Waals surface area (Å²) in [7, 11) is 0. The molecule has 16 heavy (non-hydrogen) atoms. The fourth-order valence-corrected chi connectivity index (χ4v) is 1.82. The SMILES string of the molecule is O=Cc1c(C(F)F)cnc(I)c1C(F)(F)F. The summed E-state index contributed by atoms with van der Waals surface area (Å²) in [4.78, 5) is 13.7. The standard InChI is InChI=1S/C8H3F5INO/c9-6(10)3-1-15-7(14)5(4(3)2-16)8(11,12)13/h1-2,6H. The van der Waals surface area contributed by atoms with Gasteiger partial charge in [-0.3, -0.25) is 4.79 Å². The van der Waals surface area contributed by atoms with Crippen LogP contribution in [-0.4, -0.2) is 11.3 Å². The van der Waals surface area contributed by atoms with Crippen molar-refractivity contribution >= 4 is 28.9 Å². The number of halogens is 6. The molecular formula is C8H3F5INO. The lowest BCUT2D eigenvalue weighted by Crippen LogP contribution is -2.15. The Labute approximate surface area is 100.0 Å². The quantitative estimate of drug-likeness (QED) is 0.354. The van der Waals surface area contributed by atoms with Crippen LogP contribution in [0.25, 0.3) is 0 Å². The van der Waals surface area contributed by atoms with Crippen molar-refractivity contribution in [1.82, 2.24) is 4.98 Å². The molecule has 1 aromatic rings. The normalized spacial score (nSPS) is 11.9. The van der Waals surface area contributed by atoms with Gasteiger partial charge in [0, 0.05) is 17.3 Å². The Morgan fingerprint density at radius 2 is 1.94 bits per heavy atom. The zero-order chi connectivity index (χ0) is 12.5. The number of alkyl halides is 5. The van der Waals surface area contributed by atoms with E-state index < -0.39 is 33.0 Å². The molecule has 0 N–H and O–H groups in total. The number of carbonyl (C=O) groups is 1. The Hall–Kier alpha value is -0.800. The minimum atomic E-state index is -4.88. The summed E-state index contributed by atoms with van der Waals surface area (Å²) in [6.07, 6.45) is -7.71. The number of aromatic nitrogens is 1. The lowest BCUT2D eigenvalue weighted by atomic mass is 10.1. The largest absolute Gasteiger partial charge is 0.419 e. The van der Waals surface area contributed by atoms with Gasteiger partial charge >= 0.3 is 6.18 Å². The van der Waals surface area contributed by atoms with Gasteiger partial charge in [-0.05, 0) is 22.6 Å². The highest BCUT2D eigenvalue weighted by molar-refractivity contribution is 14.1. The first-order valence-electron chi connectivity index (χ1n) is 3.78. The van der Waals surface area contributed by atoms with E-state index in [-0.39, 0.29) is 6.29 Å². The monoisotopic (exact) mass is 351 g/mol. The Bertz CT molecular complexity index is 418. The number of hydrogen-bond acceptors (Lipinski definition) is 2. The first-order chi connectivity index (χ1) is 7.29. The maximum absolute atomic E-state index is 12.5. The van der Waals surface area contributed by atoms with Crippen LogP contribution in [0.1, 0.15) is 27.9 Å². The second kappa shape index (κ2) is 4.60. The summed E-state index contributed by atoms with van der Waals surface area (Å²) in [5.74, 6) is 0. The lowest BCUT2D eigenvalue weighted by Gasteiger charge is -2.13. The van der Waals surface area contributed by atoms with Gasteiger partial charge in [0.1, 0.15) is 3.70 Å². The fourth-order valence-electron chi connectivity index (χ4n) is 1.09. The van der Waals surface area contributed by atoms with E-state index in [2.05, 4.69) is 4.98 Å². The number of hydrogen-bond donors (Lipinski definition) is 0. The molecule has 0 saturated carbocycles. The number of nitrogens with zero attached hydrogens (tertiary/aromatic N) is 1. The van der Waals surface area contributed by atoms with Gasteiger partial charge in [-0.2, -0.15) is 13.2 Å². The van der Waals surface area contributed by atoms with E-state index in [1.807, 2.05) is 0 Å². The summed E-state index contributed by atoms with van der Waals surface area (Å²) in [6.45, 7) is 0. The van der Waals surface area contributed by atoms with Gasteiger partial charge in [0.25, 0.3) is 6.43 Å². The Balaban J connectivity index is 3.57. The molecule has 0 aliphatic carbocycles. The van der Waals surface area contributed by atoms with Crippen molar-refractivity contribution < 1.29 is 26.7 Å². The van der Waals surface area contributed by atoms with Crippen molar-refractivity contribution in [2.45, 2.75) is 12.6 Å². The summed E-state index contributed by atoms with van der Waals surface area (Å²) in [6, 6.07) is 0. The highest BCUT2D eigenvalue weighted by atomic mass is 127. The lowest BCUT2D eigenvalue weighted by molar-refractivity contribution is -0.138. The molecular weight excluding hydrogens is 348 g/mol. The molecule has 88 valence electrons. The molecule has 2 nitrogen and oxygen atoms in total. The molecule has 1 heterocycles. The van der Waals surface area contributed by atoms with E-state index in [9.17, 15) is 26.7 Å². The second-order valence-corrected chi connectivity index (χ2v) is 3.73. The van der Waals surface area contributed by atoms with Crippen molar-refractivity contribution in [2.24, 2.45) is 0 Å². The van der Waals surface area contributed by atoms with E-state index in [0.717, 1.165) is 0 Å². The molecule has 1 rings (SSSR count). The van der Waals surface area contributed by atoms with Crippen LogP contribution in [-0.2, 0) is 6.18 Å². The molecule has 0 aliphatic heterocycles. The van der Waals surface area contributed by atoms with Crippen LogP contribution in [0.15, 0.2) is 6.20 Å². The predicted molar refractivity (Wildman–Crippen MR) is 52.3 cm³/mol. The van der Waals surface area contributed by atoms with E-state index in [0.29, 0.717) is 6.20 Å². The van der Waals surface area contributed by atoms with Crippen LogP contribution in [0.4, 0.5) is 22.0 Å². The molecule has 0 fully saturated rings. The molecule has 1 aromatic heterocycles. The Morgan fingerprint density at radius 1 is 1.38 bits per heavy atom. The predicted octanol–water partition coefficient (Wildman–Crippen LogP) is 3.46. The molecule has 0 aliphatic rings. The number of aldehydes is 1. The van der Waals surface area contributed by atoms with Crippen molar-refractivity contribution in [3.05, 3.63) is 26.6 Å². The Kier molecular flexibility index (Phi) is 3.81. The van der Waals surface area contributed by atoms with Gasteiger partial charge in [0.15, 0.2) is 6.29 Å². The van der Waals surface area contributed by atoms with E-state index in [1.54, 1.807) is 0 Å². The van der Waals surface area contributed by atoms with Crippen LogP contribution < -0.4 is 0 Å². The van der Waals surface area contributed by atoms with E-state index in [1.165, 1.54) is 22.6 Å². The summed E-state index contributed by atoms with van der Waals surface area (Å²) < 4.78 is 61.6. The van der Waals surface area contributed by atoms with E-state index >= 15 is 0 Å². The first kappa shape index (κ1) is 13.3. The number of pyridine rings is 1. The third-order valence-electron chi connectivity index (χ3n) is 1.74. The van der Waals surface area contributed by atoms with Crippen LogP contribution in [0.3, 0.4) is 0 Å². The molecule has 0 bridgehead atoms. The highest BCUT2D eigenvalue weighted by Gasteiger charge is 2.38. The van der Waals surface area contributed by atoms with Crippen LogP contribution in [0.2, 0.25) is 0 Å². The second-order valence-electron chi connectivity index (χ2n) is 2.71. The molecule has 0 aromatic carbocycles. The van der Waals surface area contributed by atoms with Gasteiger partial charge in [0.05, 0.1) is 5.56 Å². The highest BCUT2D eigenvalue weighted by Crippen LogP contribution is 2.37. The zero-order valence-electron chi connectivity index (χ0n) is 7.36. The van der Waals surface area contributed by atoms with Gasteiger partial charge in [0.2, 0.25) is 0 Å². The van der Waals surface area contributed by atoms with Gasteiger partial charge in [-0.1, -0.05) is 0 Å². The van der Waals surface area contributed by atoms with Crippen LogP contribution in [0, 0.1) is 3.70 Å². The van der Waals surface area contributed by atoms with Crippen LogP contribution >= 0.6 is 22.6 Å². The fraction of sp³-hybridized carbons (Fsp3) is 0.250. The molecule has 0 atom stereocenters. The minimum Gasteiger partial charge on any atom is -0.298 e. The summed E-state index contributed by atoms with van der Waals surface area (Å²) in [5.41, 5.74) is -3.48. The average Bonchev–Trinajstić information content (AvgIpc) is 2.14. The maximum atomic E-state index is 12.5. The molecule has 0 amide bonds. The zero-order valence-corrected chi connectivity index (χ0v) is 9.51. The maximum Gasteiger partial charge on any atom is 0.419 e. The minimum absolute atomic E-state index is 0.228. The summed E-state index contributed by atoms with van der Waals surface area (Å²) >= 11 is 1.24. The topological polar surface area (TPSA) is 30.0 Å². The molecule has 0 radical (unpaired) electrons. The van der Waals surface area contributed by atoms with E-state index in [4.69, 9.17) is 0 Å². The van der Waals surface area contributed by atoms with Crippen molar-refractivity contribution in [3.8, 4) is 0 Å². The number of carbonyl (C=O) groups excluding carboxylic acids is 1. The van der Waals surface area contributed by atoms with Crippen molar-refractivity contribution in [1.29, 1.82) is 0 Å². The number of rotatable bonds is 2. The first-order valence-corrected chi connectivity index (χ1v) is 4.85. The van der Waals surface area contributed by atoms with Gasteiger partial charge in [-0.25, -0.2) is 13.8 Å². The van der Waals surface area contributed by atoms with Gasteiger partial charge < -0.3 is 0 Å². The molecule has 0 saturated heterocycles.